The molecule has 2 aromatic heterocycles. The topological polar surface area (TPSA) is 111 Å². The molecule has 0 saturated carbocycles. The first kappa shape index (κ1) is 13.0. The van der Waals surface area contributed by atoms with Gasteiger partial charge in [0.05, 0.1) is 5.02 Å². The molecule has 0 aliphatic rings. The monoisotopic (exact) mass is 305 g/mol. The number of nitrogens with one attached hydrogen (secondary N) is 1. The third-order valence-corrected chi connectivity index (χ3v) is 4.36. The van der Waals surface area contributed by atoms with E-state index in [1.54, 1.807) is 6.92 Å². The normalized spacial score (nSPS) is 11.4. The number of aromatic nitrogens is 3. The fraction of sp³-hybridized carbons (Fsp3) is 0.125. The van der Waals surface area contributed by atoms with Crippen LogP contribution in [0.5, 0.6) is 0 Å². The van der Waals surface area contributed by atoms with Crippen LogP contribution in [0.25, 0.3) is 0 Å². The summed E-state index contributed by atoms with van der Waals surface area (Å²) in [7, 11) is -3.78. The molecule has 0 amide bonds. The van der Waals surface area contributed by atoms with Gasteiger partial charge in [0.2, 0.25) is 5.13 Å². The van der Waals surface area contributed by atoms with Crippen molar-refractivity contribution < 1.29 is 8.42 Å². The van der Waals surface area contributed by atoms with Crippen LogP contribution >= 0.6 is 23.1 Å². The van der Waals surface area contributed by atoms with Gasteiger partial charge in [-0.1, -0.05) is 11.6 Å². The fourth-order valence-corrected chi connectivity index (χ4v) is 3.09. The van der Waals surface area contributed by atoms with Crippen molar-refractivity contribution in [1.82, 2.24) is 14.3 Å². The quantitative estimate of drug-likeness (QED) is 0.883. The van der Waals surface area contributed by atoms with Gasteiger partial charge in [-0.15, -0.1) is 0 Å². The molecule has 2 rings (SSSR count). The number of pyridine rings is 1. The lowest BCUT2D eigenvalue weighted by atomic mass is 10.5. The molecule has 2 heterocycles. The second kappa shape index (κ2) is 4.67. The van der Waals surface area contributed by atoms with Gasteiger partial charge in [-0.25, -0.2) is 18.4 Å². The lowest BCUT2D eigenvalue weighted by Crippen LogP contribution is -2.13. The second-order valence-electron chi connectivity index (χ2n) is 3.29. The van der Waals surface area contributed by atoms with Crippen LogP contribution in [0, 0.1) is 6.92 Å². The maximum absolute atomic E-state index is 12.0. The van der Waals surface area contributed by atoms with Gasteiger partial charge >= 0.3 is 0 Å². The molecule has 0 radical (unpaired) electrons. The van der Waals surface area contributed by atoms with E-state index in [1.165, 1.54) is 6.07 Å². The Morgan fingerprint density at radius 1 is 1.50 bits per heavy atom. The van der Waals surface area contributed by atoms with Crippen LogP contribution in [-0.2, 0) is 10.0 Å². The van der Waals surface area contributed by atoms with E-state index in [-0.39, 0.29) is 20.9 Å². The summed E-state index contributed by atoms with van der Waals surface area (Å²) >= 11 is 6.67. The van der Waals surface area contributed by atoms with Crippen LogP contribution in [0.4, 0.5) is 10.9 Å². The molecule has 18 heavy (non-hydrogen) atoms. The van der Waals surface area contributed by atoms with Gasteiger partial charge in [0, 0.05) is 17.7 Å². The summed E-state index contributed by atoms with van der Waals surface area (Å²) in [5, 5.41) is 0.256. The molecule has 0 aliphatic carbocycles. The minimum absolute atomic E-state index is 0.0716. The summed E-state index contributed by atoms with van der Waals surface area (Å²) in [6.45, 7) is 1.66. The zero-order valence-corrected chi connectivity index (χ0v) is 11.5. The van der Waals surface area contributed by atoms with Crippen molar-refractivity contribution in [2.75, 3.05) is 10.5 Å². The third-order valence-electron chi connectivity index (χ3n) is 1.90. The van der Waals surface area contributed by atoms with Crippen molar-refractivity contribution >= 4 is 44.1 Å². The summed E-state index contributed by atoms with van der Waals surface area (Å²) in [5.41, 5.74) is 5.41. The van der Waals surface area contributed by atoms with Crippen molar-refractivity contribution in [3.63, 3.8) is 0 Å². The number of nitrogen functional groups attached to an aromatic ring is 1. The maximum Gasteiger partial charge on any atom is 0.265 e. The molecule has 0 unspecified atom stereocenters. The van der Waals surface area contributed by atoms with E-state index in [9.17, 15) is 8.42 Å². The smallest absolute Gasteiger partial charge is 0.265 e. The number of hydrogen-bond donors (Lipinski definition) is 2. The Bertz CT molecular complexity index is 685. The van der Waals surface area contributed by atoms with Crippen molar-refractivity contribution in [3.8, 4) is 0 Å². The minimum Gasteiger partial charge on any atom is -0.382 e. The first-order valence-corrected chi connectivity index (χ1v) is 7.26. The van der Waals surface area contributed by atoms with E-state index in [2.05, 4.69) is 19.1 Å². The average molecular weight is 306 g/mol. The van der Waals surface area contributed by atoms with Crippen molar-refractivity contribution in [3.05, 3.63) is 23.1 Å². The van der Waals surface area contributed by atoms with E-state index in [4.69, 9.17) is 17.3 Å². The summed E-state index contributed by atoms with van der Waals surface area (Å²) in [6.07, 6.45) is 1.12. The number of hydrogen-bond acceptors (Lipinski definition) is 7. The standard InChI is InChI=1S/C8H8ClN5O2S2/c1-4-12-8(17-13-4)14-18(15,16)5-2-6(9)7(10)11-3-5/h2-3H,1H3,(H2,10,11)(H,12,13,14). The van der Waals surface area contributed by atoms with Crippen LogP contribution in [0.2, 0.25) is 5.02 Å². The average Bonchev–Trinajstić information content (AvgIpc) is 2.67. The molecular formula is C8H8ClN5O2S2. The highest BCUT2D eigenvalue weighted by Crippen LogP contribution is 2.22. The first-order valence-electron chi connectivity index (χ1n) is 4.62. The number of nitrogens with zero attached hydrogens (tertiary/aromatic N) is 3. The van der Waals surface area contributed by atoms with E-state index in [0.717, 1.165) is 17.7 Å². The molecule has 0 spiro atoms. The van der Waals surface area contributed by atoms with Crippen LogP contribution in [0.1, 0.15) is 5.82 Å². The Kier molecular flexibility index (Phi) is 3.37. The highest BCUT2D eigenvalue weighted by atomic mass is 35.5. The van der Waals surface area contributed by atoms with Gasteiger partial charge in [-0.2, -0.15) is 4.37 Å². The predicted octanol–water partition coefficient (Wildman–Crippen LogP) is 1.28. The van der Waals surface area contributed by atoms with E-state index >= 15 is 0 Å². The predicted molar refractivity (Wildman–Crippen MR) is 69.1 cm³/mol. The zero-order valence-electron chi connectivity index (χ0n) is 9.08. The Labute approximate surface area is 112 Å². The molecule has 10 heteroatoms. The van der Waals surface area contributed by atoms with E-state index in [0.29, 0.717) is 5.82 Å². The lowest BCUT2D eigenvalue weighted by Gasteiger charge is -2.05. The third kappa shape index (κ3) is 2.68. The molecule has 0 atom stereocenters. The van der Waals surface area contributed by atoms with Gasteiger partial charge in [0.15, 0.2) is 0 Å². The molecular weight excluding hydrogens is 298 g/mol. The molecule has 3 N–H and O–H groups in total. The van der Waals surface area contributed by atoms with Crippen LogP contribution in [-0.4, -0.2) is 22.8 Å². The van der Waals surface area contributed by atoms with Crippen LogP contribution in [0.3, 0.4) is 0 Å². The summed E-state index contributed by atoms with van der Waals surface area (Å²) in [6, 6.07) is 1.22. The Hall–Kier alpha value is -1.45. The highest BCUT2D eigenvalue weighted by molar-refractivity contribution is 7.93. The lowest BCUT2D eigenvalue weighted by molar-refractivity contribution is 0.601. The largest absolute Gasteiger partial charge is 0.382 e. The number of rotatable bonds is 3. The SMILES string of the molecule is Cc1nsc(NS(=O)(=O)c2cnc(N)c(Cl)c2)n1. The molecule has 0 bridgehead atoms. The van der Waals surface area contributed by atoms with Crippen LogP contribution in [0.15, 0.2) is 17.2 Å². The Morgan fingerprint density at radius 3 is 2.78 bits per heavy atom. The molecule has 7 nitrogen and oxygen atoms in total. The summed E-state index contributed by atoms with van der Waals surface area (Å²) in [5.74, 6) is 0.563. The van der Waals surface area contributed by atoms with Gasteiger partial charge < -0.3 is 5.73 Å². The number of halogens is 1. The Balaban J connectivity index is 2.33. The molecule has 96 valence electrons. The van der Waals surface area contributed by atoms with Gasteiger partial charge in [-0.3, -0.25) is 4.72 Å². The van der Waals surface area contributed by atoms with Crippen molar-refractivity contribution in [2.45, 2.75) is 11.8 Å². The van der Waals surface area contributed by atoms with Crippen LogP contribution < -0.4 is 10.5 Å². The number of sulfonamides is 1. The first-order chi connectivity index (χ1) is 8.38. The summed E-state index contributed by atoms with van der Waals surface area (Å²) < 4.78 is 30.1. The maximum atomic E-state index is 12.0. The molecule has 0 saturated heterocycles. The Morgan fingerprint density at radius 2 is 2.22 bits per heavy atom. The zero-order chi connectivity index (χ0) is 13.3. The van der Waals surface area contributed by atoms with Gasteiger partial charge in [0.25, 0.3) is 10.0 Å². The van der Waals surface area contributed by atoms with E-state index in [1.807, 2.05) is 0 Å². The van der Waals surface area contributed by atoms with Crippen molar-refractivity contribution in [2.24, 2.45) is 0 Å². The summed E-state index contributed by atoms with van der Waals surface area (Å²) in [4.78, 5) is 7.50. The number of aryl methyl sites for hydroxylation is 1. The molecule has 0 fully saturated rings. The minimum atomic E-state index is -3.78. The number of nitrogens with two attached hydrogens (primary N) is 1. The molecule has 2 aromatic rings. The van der Waals surface area contributed by atoms with Gasteiger partial charge in [-0.05, 0) is 13.0 Å². The fourth-order valence-electron chi connectivity index (χ4n) is 1.09. The molecule has 0 aromatic carbocycles. The highest BCUT2D eigenvalue weighted by Gasteiger charge is 2.18. The van der Waals surface area contributed by atoms with Gasteiger partial charge in [0.1, 0.15) is 16.5 Å². The molecule has 0 aliphatic heterocycles. The van der Waals surface area contributed by atoms with Crippen molar-refractivity contribution in [1.29, 1.82) is 0 Å². The second-order valence-corrected chi connectivity index (χ2v) is 6.13. The number of anilines is 2. The van der Waals surface area contributed by atoms with E-state index < -0.39 is 10.0 Å².